The van der Waals surface area contributed by atoms with Crippen molar-refractivity contribution in [1.29, 1.82) is 0 Å². The second kappa shape index (κ2) is 7.32. The van der Waals surface area contributed by atoms with Crippen molar-refractivity contribution < 1.29 is 4.79 Å². The largest absolute Gasteiger partial charge is 0.342 e. The van der Waals surface area contributed by atoms with Gasteiger partial charge in [0.25, 0.3) is 0 Å². The third kappa shape index (κ3) is 3.04. The predicted octanol–water partition coefficient (Wildman–Crippen LogP) is 2.27. The number of fused-ring (bicyclic) bond motifs is 1. The standard InChI is InChI=1S/C21H28N6OS/c1-2-26-12-6-21(18(26)28)16-27(19-23-7-3-8-24-19)15-20(21)4-10-25(11-5-20)14-17-22-9-13-29-17/h3,7-9,13H,2,4-6,10-12,14-16H2,1H3/t21-/m0/s1. The number of hydrogen-bond donors (Lipinski definition) is 0. The van der Waals surface area contributed by atoms with Gasteiger partial charge in [0, 0.05) is 55.6 Å². The van der Waals surface area contributed by atoms with Gasteiger partial charge in [-0.05, 0) is 45.3 Å². The first kappa shape index (κ1) is 18.9. The van der Waals surface area contributed by atoms with Crippen molar-refractivity contribution in [3.05, 3.63) is 35.0 Å². The van der Waals surface area contributed by atoms with Gasteiger partial charge < -0.3 is 9.80 Å². The minimum Gasteiger partial charge on any atom is -0.342 e. The Hall–Kier alpha value is -2.06. The summed E-state index contributed by atoms with van der Waals surface area (Å²) >= 11 is 1.72. The lowest BCUT2D eigenvalue weighted by molar-refractivity contribution is -0.142. The molecule has 29 heavy (non-hydrogen) atoms. The molecule has 2 aromatic heterocycles. The molecule has 3 fully saturated rings. The summed E-state index contributed by atoms with van der Waals surface area (Å²) in [5.74, 6) is 1.11. The number of carbonyl (C=O) groups excluding carboxylic acids is 1. The molecule has 7 nitrogen and oxygen atoms in total. The van der Waals surface area contributed by atoms with E-state index in [1.54, 1.807) is 23.7 Å². The summed E-state index contributed by atoms with van der Waals surface area (Å²) in [5.41, 5.74) is -0.290. The van der Waals surface area contributed by atoms with Gasteiger partial charge in [-0.25, -0.2) is 15.0 Å². The van der Waals surface area contributed by atoms with Gasteiger partial charge >= 0.3 is 0 Å². The molecule has 1 amide bonds. The lowest BCUT2D eigenvalue weighted by Gasteiger charge is -2.46. The quantitative estimate of drug-likeness (QED) is 0.768. The van der Waals surface area contributed by atoms with Crippen LogP contribution in [0, 0.1) is 10.8 Å². The molecule has 3 saturated heterocycles. The number of hydrogen-bond acceptors (Lipinski definition) is 7. The van der Waals surface area contributed by atoms with Crippen molar-refractivity contribution in [1.82, 2.24) is 24.8 Å². The summed E-state index contributed by atoms with van der Waals surface area (Å²) in [7, 11) is 0. The number of anilines is 1. The van der Waals surface area contributed by atoms with E-state index < -0.39 is 0 Å². The summed E-state index contributed by atoms with van der Waals surface area (Å²) in [6.45, 7) is 8.35. The van der Waals surface area contributed by atoms with Crippen LogP contribution in [0.15, 0.2) is 30.0 Å². The van der Waals surface area contributed by atoms with Crippen molar-refractivity contribution in [3.63, 3.8) is 0 Å². The molecule has 0 aromatic carbocycles. The Labute approximate surface area is 175 Å². The molecule has 0 saturated carbocycles. The maximum atomic E-state index is 13.6. The van der Waals surface area contributed by atoms with Crippen LogP contribution < -0.4 is 4.90 Å². The molecular formula is C21H28N6OS. The number of aromatic nitrogens is 3. The number of piperidine rings is 1. The summed E-state index contributed by atoms with van der Waals surface area (Å²) in [5, 5.41) is 3.22. The van der Waals surface area contributed by atoms with Crippen LogP contribution in [-0.2, 0) is 11.3 Å². The van der Waals surface area contributed by atoms with Crippen molar-refractivity contribution in [3.8, 4) is 0 Å². The van der Waals surface area contributed by atoms with E-state index in [2.05, 4.69) is 36.6 Å². The van der Waals surface area contributed by atoms with E-state index in [0.29, 0.717) is 5.91 Å². The smallest absolute Gasteiger partial charge is 0.231 e. The van der Waals surface area contributed by atoms with Gasteiger partial charge in [0.15, 0.2) is 0 Å². The monoisotopic (exact) mass is 412 g/mol. The Kier molecular flexibility index (Phi) is 4.78. The number of rotatable bonds is 4. The van der Waals surface area contributed by atoms with E-state index in [1.807, 2.05) is 17.6 Å². The highest BCUT2D eigenvalue weighted by atomic mass is 32.1. The van der Waals surface area contributed by atoms with Gasteiger partial charge in [-0.3, -0.25) is 9.69 Å². The zero-order chi connectivity index (χ0) is 19.9. The molecule has 1 atom stereocenters. The van der Waals surface area contributed by atoms with Gasteiger partial charge in [-0.2, -0.15) is 0 Å². The molecule has 2 aromatic rings. The average Bonchev–Trinajstić information content (AvgIpc) is 3.46. The van der Waals surface area contributed by atoms with E-state index in [1.165, 1.54) is 5.01 Å². The summed E-state index contributed by atoms with van der Waals surface area (Å²) in [4.78, 5) is 33.8. The lowest BCUT2D eigenvalue weighted by atomic mass is 9.60. The van der Waals surface area contributed by atoms with Crippen molar-refractivity contribution in [2.24, 2.45) is 10.8 Å². The Morgan fingerprint density at radius 1 is 1.03 bits per heavy atom. The third-order valence-electron chi connectivity index (χ3n) is 7.35. The first-order valence-electron chi connectivity index (χ1n) is 10.6. The van der Waals surface area contributed by atoms with Crippen LogP contribution in [0.3, 0.4) is 0 Å². The summed E-state index contributed by atoms with van der Waals surface area (Å²) < 4.78 is 0. The molecule has 0 radical (unpaired) electrons. The molecular weight excluding hydrogens is 384 g/mol. The van der Waals surface area contributed by atoms with E-state index in [4.69, 9.17) is 0 Å². The molecule has 0 bridgehead atoms. The minimum absolute atomic E-state index is 0.00653. The maximum absolute atomic E-state index is 13.6. The van der Waals surface area contributed by atoms with Crippen LogP contribution in [0.2, 0.25) is 0 Å². The number of nitrogens with zero attached hydrogens (tertiary/aromatic N) is 6. The van der Waals surface area contributed by atoms with Crippen molar-refractivity contribution in [2.45, 2.75) is 32.7 Å². The SMILES string of the molecule is CCN1CC[C@]2(CN(c3ncccn3)CC23CCN(Cc2nccs2)CC3)C1=O. The summed E-state index contributed by atoms with van der Waals surface area (Å²) in [6.07, 6.45) is 8.52. The lowest BCUT2D eigenvalue weighted by Crippen LogP contribution is -2.52. The zero-order valence-corrected chi connectivity index (χ0v) is 17.8. The van der Waals surface area contributed by atoms with Gasteiger partial charge in [0.05, 0.1) is 12.0 Å². The molecule has 8 heteroatoms. The second-order valence-electron chi connectivity index (χ2n) is 8.60. The van der Waals surface area contributed by atoms with Crippen LogP contribution in [0.25, 0.3) is 0 Å². The van der Waals surface area contributed by atoms with Gasteiger partial charge in [0.1, 0.15) is 5.01 Å². The predicted molar refractivity (Wildman–Crippen MR) is 113 cm³/mol. The highest BCUT2D eigenvalue weighted by Gasteiger charge is 2.65. The molecule has 3 aliphatic heterocycles. The zero-order valence-electron chi connectivity index (χ0n) is 17.0. The van der Waals surface area contributed by atoms with E-state index in [-0.39, 0.29) is 10.8 Å². The summed E-state index contributed by atoms with van der Waals surface area (Å²) in [6, 6.07) is 1.85. The molecule has 2 spiro atoms. The van der Waals surface area contributed by atoms with Crippen LogP contribution in [0.5, 0.6) is 0 Å². The molecule has 0 N–H and O–H groups in total. The molecule has 5 rings (SSSR count). The fourth-order valence-corrected chi connectivity index (χ4v) is 6.40. The van der Waals surface area contributed by atoms with E-state index >= 15 is 0 Å². The maximum Gasteiger partial charge on any atom is 0.231 e. The second-order valence-corrected chi connectivity index (χ2v) is 9.58. The molecule has 0 aliphatic carbocycles. The van der Waals surface area contributed by atoms with Crippen molar-refractivity contribution >= 4 is 23.2 Å². The first-order valence-corrected chi connectivity index (χ1v) is 11.5. The fraction of sp³-hybridized carbons (Fsp3) is 0.619. The number of amides is 1. The van der Waals surface area contributed by atoms with Gasteiger partial charge in [0.2, 0.25) is 11.9 Å². The highest BCUT2D eigenvalue weighted by Crippen LogP contribution is 2.58. The van der Waals surface area contributed by atoms with Crippen LogP contribution in [0.4, 0.5) is 5.95 Å². The molecule has 154 valence electrons. The highest BCUT2D eigenvalue weighted by molar-refractivity contribution is 7.09. The number of carbonyl (C=O) groups is 1. The van der Waals surface area contributed by atoms with Gasteiger partial charge in [-0.1, -0.05) is 0 Å². The van der Waals surface area contributed by atoms with Crippen LogP contribution in [-0.4, -0.2) is 69.9 Å². The van der Waals surface area contributed by atoms with Gasteiger partial charge in [-0.15, -0.1) is 11.3 Å². The molecule has 3 aliphatic rings. The van der Waals surface area contributed by atoms with Crippen molar-refractivity contribution in [2.75, 3.05) is 44.2 Å². The Bertz CT molecular complexity index is 851. The Balaban J connectivity index is 1.41. The average molecular weight is 413 g/mol. The third-order valence-corrected chi connectivity index (χ3v) is 8.11. The van der Waals surface area contributed by atoms with Crippen LogP contribution >= 0.6 is 11.3 Å². The number of thiazole rings is 1. The normalized spacial score (nSPS) is 26.9. The Morgan fingerprint density at radius 2 is 1.83 bits per heavy atom. The first-order chi connectivity index (χ1) is 14.2. The fourth-order valence-electron chi connectivity index (χ4n) is 5.74. The Morgan fingerprint density at radius 3 is 2.48 bits per heavy atom. The van der Waals surface area contributed by atoms with Crippen LogP contribution in [0.1, 0.15) is 31.2 Å². The topological polar surface area (TPSA) is 65.5 Å². The number of likely N-dealkylation sites (tertiary alicyclic amines) is 2. The molecule has 0 unspecified atom stereocenters. The minimum atomic E-state index is -0.296. The van der Waals surface area contributed by atoms with E-state index in [9.17, 15) is 4.79 Å². The molecule has 5 heterocycles. The van der Waals surface area contributed by atoms with E-state index in [0.717, 1.165) is 71.0 Å².